The van der Waals surface area contributed by atoms with Crippen molar-refractivity contribution in [2.75, 3.05) is 12.3 Å². The number of nitrogens with two attached hydrogens (primary N) is 1. The second-order valence-electron chi connectivity index (χ2n) is 7.50. The quantitative estimate of drug-likeness (QED) is 0.536. The van der Waals surface area contributed by atoms with Crippen LogP contribution < -0.4 is 5.73 Å². The summed E-state index contributed by atoms with van der Waals surface area (Å²) in [7, 11) is 0. The van der Waals surface area contributed by atoms with Crippen LogP contribution in [0.5, 0.6) is 0 Å². The predicted molar refractivity (Wildman–Crippen MR) is 108 cm³/mol. The topological polar surface area (TPSA) is 90.4 Å². The van der Waals surface area contributed by atoms with E-state index in [0.717, 1.165) is 11.0 Å². The molecule has 0 radical (unpaired) electrons. The van der Waals surface area contributed by atoms with Gasteiger partial charge in [-0.15, -0.1) is 0 Å². The molecule has 2 aromatic rings. The third-order valence-corrected chi connectivity index (χ3v) is 5.17. The van der Waals surface area contributed by atoms with Crippen LogP contribution in [0.15, 0.2) is 24.3 Å². The molecule has 1 aromatic heterocycles. The number of hydrogen-bond acceptors (Lipinski definition) is 5. The number of carbonyl (C=O) groups excluding carboxylic acids is 2. The molecule has 0 saturated carbocycles. The highest BCUT2D eigenvalue weighted by atomic mass is 127. The van der Waals surface area contributed by atoms with Crippen molar-refractivity contribution in [1.82, 2.24) is 14.5 Å². The number of likely N-dealkylation sites (tertiary alicyclic amines) is 1. The van der Waals surface area contributed by atoms with E-state index in [1.807, 2.05) is 49.6 Å². The molecular formula is C18H23IN4O3. The SMILES string of the molecule is CC(C)(C)OC(=O)N1CCC(n2c(N)nc3ccccc32)CC1C(=O)I. The Hall–Kier alpha value is -1.84. The Labute approximate surface area is 166 Å². The summed E-state index contributed by atoms with van der Waals surface area (Å²) in [6, 6.07) is 7.21. The first-order valence-corrected chi connectivity index (χ1v) is 9.66. The van der Waals surface area contributed by atoms with E-state index in [1.165, 1.54) is 4.90 Å². The Bertz CT molecular complexity index is 843. The fourth-order valence-electron chi connectivity index (χ4n) is 3.38. The highest BCUT2D eigenvalue weighted by Gasteiger charge is 2.38. The van der Waals surface area contributed by atoms with Gasteiger partial charge in [-0.05, 0) is 45.7 Å². The summed E-state index contributed by atoms with van der Waals surface area (Å²) < 4.78 is 7.36. The molecule has 1 aromatic carbocycles. The van der Waals surface area contributed by atoms with E-state index in [4.69, 9.17) is 10.5 Å². The molecule has 2 N–H and O–H groups in total. The van der Waals surface area contributed by atoms with Crippen LogP contribution in [-0.2, 0) is 9.53 Å². The maximum absolute atomic E-state index is 12.5. The minimum atomic E-state index is -0.599. The Kier molecular flexibility index (Phi) is 5.14. The Morgan fingerprint density at radius 2 is 2.00 bits per heavy atom. The third-order valence-electron chi connectivity index (χ3n) is 4.45. The molecule has 2 unspecified atom stereocenters. The van der Waals surface area contributed by atoms with E-state index in [1.54, 1.807) is 22.6 Å². The average Bonchev–Trinajstić information content (AvgIpc) is 2.88. The Balaban J connectivity index is 1.87. The summed E-state index contributed by atoms with van der Waals surface area (Å²) in [5.41, 5.74) is 7.32. The zero-order valence-corrected chi connectivity index (χ0v) is 17.3. The number of imidazole rings is 1. The van der Waals surface area contributed by atoms with Crippen molar-refractivity contribution < 1.29 is 14.3 Å². The molecule has 1 aliphatic rings. The van der Waals surface area contributed by atoms with Gasteiger partial charge in [0.25, 0.3) is 0 Å². The van der Waals surface area contributed by atoms with Crippen LogP contribution in [0.3, 0.4) is 0 Å². The Morgan fingerprint density at radius 1 is 1.31 bits per heavy atom. The number of benzene rings is 1. The van der Waals surface area contributed by atoms with Gasteiger partial charge in [0.1, 0.15) is 11.6 Å². The predicted octanol–water partition coefficient (Wildman–Crippen LogP) is 3.52. The molecule has 2 heterocycles. The lowest BCUT2D eigenvalue weighted by Gasteiger charge is -2.39. The number of carbonyl (C=O) groups is 2. The number of rotatable bonds is 2. The maximum atomic E-state index is 12.5. The summed E-state index contributed by atoms with van der Waals surface area (Å²) in [5, 5.41) is 0. The number of nitrogen functional groups attached to an aromatic ring is 1. The first-order chi connectivity index (χ1) is 12.2. The Morgan fingerprint density at radius 3 is 2.65 bits per heavy atom. The number of ether oxygens (including phenoxy) is 1. The lowest BCUT2D eigenvalue weighted by Crippen LogP contribution is -2.50. The summed E-state index contributed by atoms with van der Waals surface area (Å²) in [6.07, 6.45) is 0.727. The number of halogens is 1. The van der Waals surface area contributed by atoms with Gasteiger partial charge in [0.2, 0.25) is 9.74 Å². The second kappa shape index (κ2) is 7.05. The third kappa shape index (κ3) is 3.79. The number of fused-ring (bicyclic) bond motifs is 1. The molecule has 1 aliphatic heterocycles. The number of amides is 1. The maximum Gasteiger partial charge on any atom is 0.410 e. The van der Waals surface area contributed by atoms with E-state index in [0.29, 0.717) is 25.3 Å². The van der Waals surface area contributed by atoms with Crippen LogP contribution in [0.4, 0.5) is 10.7 Å². The monoisotopic (exact) mass is 470 g/mol. The molecule has 2 atom stereocenters. The second-order valence-corrected chi connectivity index (χ2v) is 8.56. The summed E-state index contributed by atoms with van der Waals surface area (Å²) in [5.74, 6) is 0.432. The van der Waals surface area contributed by atoms with Crippen LogP contribution in [0.25, 0.3) is 11.0 Å². The van der Waals surface area contributed by atoms with Crippen LogP contribution in [0.1, 0.15) is 39.7 Å². The fourth-order valence-corrected chi connectivity index (χ4v) is 3.97. The van der Waals surface area contributed by atoms with E-state index in [9.17, 15) is 9.59 Å². The van der Waals surface area contributed by atoms with Gasteiger partial charge < -0.3 is 15.0 Å². The number of anilines is 1. The van der Waals surface area contributed by atoms with Gasteiger partial charge in [0.15, 0.2) is 0 Å². The normalized spacial score (nSPS) is 21.0. The fraction of sp³-hybridized carbons (Fsp3) is 0.500. The van der Waals surface area contributed by atoms with Crippen molar-refractivity contribution in [3.05, 3.63) is 24.3 Å². The van der Waals surface area contributed by atoms with Crippen molar-refractivity contribution in [3.63, 3.8) is 0 Å². The van der Waals surface area contributed by atoms with E-state index in [-0.39, 0.29) is 9.83 Å². The highest BCUT2D eigenvalue weighted by molar-refractivity contribution is 14.1. The summed E-state index contributed by atoms with van der Waals surface area (Å²) in [4.78, 5) is 30.7. The van der Waals surface area contributed by atoms with Gasteiger partial charge in [-0.1, -0.05) is 12.1 Å². The molecule has 7 nitrogen and oxygen atoms in total. The standard InChI is InChI=1S/C18H23IN4O3/c1-18(2,3)26-17(25)22-9-8-11(10-14(22)15(19)24)23-13-7-5-4-6-12(13)21-16(23)20/h4-7,11,14H,8-10H2,1-3H3,(H2,20,21). The van der Waals surface area contributed by atoms with Gasteiger partial charge in [0.05, 0.1) is 11.0 Å². The van der Waals surface area contributed by atoms with Gasteiger partial charge in [-0.25, -0.2) is 9.78 Å². The molecule has 3 rings (SSSR count). The molecule has 0 bridgehead atoms. The molecule has 0 aliphatic carbocycles. The highest BCUT2D eigenvalue weighted by Crippen LogP contribution is 2.34. The van der Waals surface area contributed by atoms with Crippen LogP contribution in [-0.4, -0.2) is 42.5 Å². The average molecular weight is 470 g/mol. The largest absolute Gasteiger partial charge is 0.444 e. The number of aromatic nitrogens is 2. The summed E-state index contributed by atoms with van der Waals surface area (Å²) in [6.45, 7) is 5.88. The van der Waals surface area contributed by atoms with Crippen molar-refractivity contribution in [1.29, 1.82) is 0 Å². The lowest BCUT2D eigenvalue weighted by atomic mass is 9.98. The first-order valence-electron chi connectivity index (χ1n) is 8.59. The summed E-state index contributed by atoms with van der Waals surface area (Å²) >= 11 is 1.76. The minimum Gasteiger partial charge on any atom is -0.444 e. The lowest BCUT2D eigenvalue weighted by molar-refractivity contribution is -0.115. The van der Waals surface area contributed by atoms with Gasteiger partial charge in [-0.2, -0.15) is 0 Å². The van der Waals surface area contributed by atoms with Crippen LogP contribution in [0.2, 0.25) is 0 Å². The molecular weight excluding hydrogens is 447 g/mol. The molecule has 8 heteroatoms. The molecule has 0 spiro atoms. The van der Waals surface area contributed by atoms with E-state index < -0.39 is 17.7 Å². The van der Waals surface area contributed by atoms with E-state index >= 15 is 0 Å². The number of para-hydroxylation sites is 2. The van der Waals surface area contributed by atoms with Crippen molar-refractivity contribution >= 4 is 49.5 Å². The van der Waals surface area contributed by atoms with Crippen LogP contribution in [0, 0.1) is 0 Å². The van der Waals surface area contributed by atoms with Gasteiger partial charge >= 0.3 is 6.09 Å². The first kappa shape index (κ1) is 18.9. The number of piperidine rings is 1. The van der Waals surface area contributed by atoms with Crippen molar-refractivity contribution in [2.24, 2.45) is 0 Å². The zero-order valence-electron chi connectivity index (χ0n) is 15.1. The van der Waals surface area contributed by atoms with Gasteiger partial charge in [0, 0.05) is 35.2 Å². The zero-order chi connectivity index (χ0) is 19.1. The minimum absolute atomic E-state index is 0.00445. The van der Waals surface area contributed by atoms with Crippen molar-refractivity contribution in [3.8, 4) is 0 Å². The van der Waals surface area contributed by atoms with Crippen molar-refractivity contribution in [2.45, 2.75) is 51.3 Å². The molecule has 1 fully saturated rings. The molecule has 140 valence electrons. The van der Waals surface area contributed by atoms with Crippen LogP contribution >= 0.6 is 22.6 Å². The molecule has 1 amide bonds. The molecule has 1 saturated heterocycles. The number of hydrogen-bond donors (Lipinski definition) is 1. The molecule has 26 heavy (non-hydrogen) atoms. The van der Waals surface area contributed by atoms with E-state index in [2.05, 4.69) is 4.98 Å². The number of nitrogens with zero attached hydrogens (tertiary/aromatic N) is 3. The smallest absolute Gasteiger partial charge is 0.410 e. The van der Waals surface area contributed by atoms with Gasteiger partial charge in [-0.3, -0.25) is 9.69 Å².